The number of hydrogen-bond acceptors (Lipinski definition) is 4. The van der Waals surface area contributed by atoms with E-state index in [9.17, 15) is 19.5 Å². The van der Waals surface area contributed by atoms with Gasteiger partial charge in [-0.05, 0) is 19.4 Å². The van der Waals surface area contributed by atoms with Gasteiger partial charge in [-0.3, -0.25) is 9.59 Å². The number of amides is 2. The van der Waals surface area contributed by atoms with Crippen molar-refractivity contribution in [2.45, 2.75) is 65.1 Å². The average Bonchev–Trinajstić information content (AvgIpc) is 2.60. The molecule has 1 aliphatic rings. The van der Waals surface area contributed by atoms with Crippen molar-refractivity contribution in [2.24, 2.45) is 5.41 Å². The van der Waals surface area contributed by atoms with Crippen LogP contribution in [0.15, 0.2) is 24.3 Å². The predicted molar refractivity (Wildman–Crippen MR) is 105 cm³/mol. The van der Waals surface area contributed by atoms with E-state index in [1.54, 1.807) is 13.8 Å². The highest BCUT2D eigenvalue weighted by atomic mass is 16.5. The highest BCUT2D eigenvalue weighted by Crippen LogP contribution is 2.51. The molecule has 1 aliphatic carbocycles. The number of ether oxygens (including phenoxy) is 1. The van der Waals surface area contributed by atoms with Crippen molar-refractivity contribution < 1.29 is 24.2 Å². The van der Waals surface area contributed by atoms with Gasteiger partial charge in [0.2, 0.25) is 11.8 Å². The fourth-order valence-corrected chi connectivity index (χ4v) is 3.81. The molecule has 0 aliphatic heterocycles. The third kappa shape index (κ3) is 4.19. The Bertz CT molecular complexity index is 744. The zero-order valence-corrected chi connectivity index (χ0v) is 17.2. The molecule has 7 heteroatoms. The summed E-state index contributed by atoms with van der Waals surface area (Å²) in [6.45, 7) is 9.26. The first-order chi connectivity index (χ1) is 13.0. The standard InChI is InChI=1S/C21H30N2O5/c1-6-28-17-12-21(19(26)27,20(17,4)5)23-18(25)11-16(22-14(3)24)15-9-7-13(2)8-10-15/h7-10,16-17H,6,11-12H2,1-5H3,(H,22,24)(H,23,25)(H,26,27). The molecule has 1 aromatic rings. The summed E-state index contributed by atoms with van der Waals surface area (Å²) in [6, 6.07) is 6.99. The first-order valence-electron chi connectivity index (χ1n) is 9.53. The third-order valence-electron chi connectivity index (χ3n) is 5.73. The van der Waals surface area contributed by atoms with Crippen LogP contribution in [0, 0.1) is 12.3 Å². The Kier molecular flexibility index (Phi) is 6.49. The Morgan fingerprint density at radius 1 is 1.25 bits per heavy atom. The van der Waals surface area contributed by atoms with E-state index in [0.717, 1.165) is 11.1 Å². The molecule has 0 bridgehead atoms. The average molecular weight is 390 g/mol. The molecule has 2 amide bonds. The molecular formula is C21H30N2O5. The molecule has 154 valence electrons. The highest BCUT2D eigenvalue weighted by molar-refractivity contribution is 5.90. The van der Waals surface area contributed by atoms with E-state index >= 15 is 0 Å². The number of aliphatic carboxylic acids is 1. The molecule has 2 rings (SSSR count). The topological polar surface area (TPSA) is 105 Å². The molecule has 0 saturated heterocycles. The number of carboxylic acids is 1. The van der Waals surface area contributed by atoms with Crippen molar-refractivity contribution in [2.75, 3.05) is 6.61 Å². The van der Waals surface area contributed by atoms with E-state index in [1.807, 2.05) is 38.1 Å². The Labute approximate surface area is 165 Å². The van der Waals surface area contributed by atoms with Crippen molar-refractivity contribution in [1.29, 1.82) is 0 Å². The summed E-state index contributed by atoms with van der Waals surface area (Å²) in [5.74, 6) is -1.76. The number of rotatable bonds is 8. The molecule has 0 aromatic heterocycles. The van der Waals surface area contributed by atoms with Gasteiger partial charge < -0.3 is 20.5 Å². The summed E-state index contributed by atoms with van der Waals surface area (Å²) in [7, 11) is 0. The summed E-state index contributed by atoms with van der Waals surface area (Å²) in [5.41, 5.74) is -0.284. The van der Waals surface area contributed by atoms with E-state index in [-0.39, 0.29) is 24.9 Å². The van der Waals surface area contributed by atoms with Crippen LogP contribution < -0.4 is 10.6 Å². The summed E-state index contributed by atoms with van der Waals surface area (Å²) < 4.78 is 5.62. The maximum Gasteiger partial charge on any atom is 0.330 e. The number of hydrogen-bond donors (Lipinski definition) is 3. The fraction of sp³-hybridized carbons (Fsp3) is 0.571. The van der Waals surface area contributed by atoms with Gasteiger partial charge in [-0.25, -0.2) is 4.79 Å². The second kappa shape index (κ2) is 8.31. The first-order valence-corrected chi connectivity index (χ1v) is 9.53. The van der Waals surface area contributed by atoms with Crippen LogP contribution in [0.3, 0.4) is 0 Å². The van der Waals surface area contributed by atoms with Crippen molar-refractivity contribution in [3.63, 3.8) is 0 Å². The Morgan fingerprint density at radius 2 is 1.86 bits per heavy atom. The molecule has 3 unspecified atom stereocenters. The van der Waals surface area contributed by atoms with Crippen LogP contribution in [0.2, 0.25) is 0 Å². The number of carbonyl (C=O) groups excluding carboxylic acids is 2. The second-order valence-electron chi connectivity index (χ2n) is 8.00. The largest absolute Gasteiger partial charge is 0.479 e. The molecule has 28 heavy (non-hydrogen) atoms. The van der Waals surface area contributed by atoms with Gasteiger partial charge in [0.25, 0.3) is 0 Å². The van der Waals surface area contributed by atoms with Crippen molar-refractivity contribution >= 4 is 17.8 Å². The predicted octanol–water partition coefficient (Wildman–Crippen LogP) is 2.34. The second-order valence-corrected chi connectivity index (χ2v) is 8.00. The van der Waals surface area contributed by atoms with Gasteiger partial charge >= 0.3 is 5.97 Å². The smallest absolute Gasteiger partial charge is 0.330 e. The summed E-state index contributed by atoms with van der Waals surface area (Å²) in [6.07, 6.45) is -0.0748. The molecule has 0 radical (unpaired) electrons. The molecule has 1 fully saturated rings. The van der Waals surface area contributed by atoms with E-state index in [0.29, 0.717) is 6.61 Å². The monoisotopic (exact) mass is 390 g/mol. The van der Waals surface area contributed by atoms with Crippen molar-refractivity contribution in [1.82, 2.24) is 10.6 Å². The van der Waals surface area contributed by atoms with Crippen LogP contribution in [0.5, 0.6) is 0 Å². The van der Waals surface area contributed by atoms with E-state index in [1.165, 1.54) is 6.92 Å². The van der Waals surface area contributed by atoms with Gasteiger partial charge in [0, 0.05) is 25.4 Å². The Balaban J connectivity index is 2.17. The zero-order chi connectivity index (χ0) is 21.1. The maximum atomic E-state index is 12.8. The van der Waals surface area contributed by atoms with Crippen LogP contribution in [0.1, 0.15) is 57.7 Å². The van der Waals surface area contributed by atoms with E-state index in [2.05, 4.69) is 10.6 Å². The SMILES string of the molecule is CCOC1CC(NC(=O)CC(NC(C)=O)c2ccc(C)cc2)(C(=O)O)C1(C)C. The maximum absolute atomic E-state index is 12.8. The Morgan fingerprint density at radius 3 is 2.32 bits per heavy atom. The van der Waals surface area contributed by atoms with Gasteiger partial charge in [-0.2, -0.15) is 0 Å². The summed E-state index contributed by atoms with van der Waals surface area (Å²) in [5, 5.41) is 15.3. The van der Waals surface area contributed by atoms with Crippen LogP contribution in [0.25, 0.3) is 0 Å². The normalized spacial score (nSPS) is 24.0. The van der Waals surface area contributed by atoms with Gasteiger partial charge in [0.05, 0.1) is 18.6 Å². The summed E-state index contributed by atoms with van der Waals surface area (Å²) in [4.78, 5) is 36.4. The van der Waals surface area contributed by atoms with Gasteiger partial charge in [0.1, 0.15) is 5.54 Å². The molecule has 3 atom stereocenters. The highest BCUT2D eigenvalue weighted by Gasteiger charge is 2.66. The van der Waals surface area contributed by atoms with Crippen LogP contribution >= 0.6 is 0 Å². The number of carboxylic acid groups (broad SMARTS) is 1. The lowest BCUT2D eigenvalue weighted by atomic mass is 9.54. The van der Waals surface area contributed by atoms with Crippen molar-refractivity contribution in [3.05, 3.63) is 35.4 Å². The van der Waals surface area contributed by atoms with Crippen LogP contribution in [-0.2, 0) is 19.1 Å². The molecule has 1 saturated carbocycles. The molecule has 1 aromatic carbocycles. The van der Waals surface area contributed by atoms with Crippen LogP contribution in [0.4, 0.5) is 0 Å². The van der Waals surface area contributed by atoms with Gasteiger partial charge in [-0.15, -0.1) is 0 Å². The van der Waals surface area contributed by atoms with Crippen molar-refractivity contribution in [3.8, 4) is 0 Å². The molecule has 7 nitrogen and oxygen atoms in total. The van der Waals surface area contributed by atoms with E-state index < -0.39 is 28.9 Å². The van der Waals surface area contributed by atoms with Gasteiger partial charge in [-0.1, -0.05) is 43.7 Å². The minimum Gasteiger partial charge on any atom is -0.479 e. The first kappa shape index (κ1) is 21.9. The molecular weight excluding hydrogens is 360 g/mol. The molecule has 3 N–H and O–H groups in total. The number of nitrogens with one attached hydrogen (secondary N) is 2. The van der Waals surface area contributed by atoms with E-state index in [4.69, 9.17) is 4.74 Å². The Hall–Kier alpha value is -2.41. The lowest BCUT2D eigenvalue weighted by molar-refractivity contribution is -0.194. The molecule has 0 spiro atoms. The van der Waals surface area contributed by atoms with Crippen LogP contribution in [-0.4, -0.2) is 41.1 Å². The lowest BCUT2D eigenvalue weighted by Gasteiger charge is -2.58. The quantitative estimate of drug-likeness (QED) is 0.632. The lowest BCUT2D eigenvalue weighted by Crippen LogP contribution is -2.76. The zero-order valence-electron chi connectivity index (χ0n) is 17.2. The third-order valence-corrected chi connectivity index (χ3v) is 5.73. The molecule has 0 heterocycles. The number of benzene rings is 1. The fourth-order valence-electron chi connectivity index (χ4n) is 3.81. The summed E-state index contributed by atoms with van der Waals surface area (Å²) >= 11 is 0. The number of aryl methyl sites for hydroxylation is 1. The minimum absolute atomic E-state index is 0.0486. The van der Waals surface area contributed by atoms with Gasteiger partial charge in [0.15, 0.2) is 0 Å². The minimum atomic E-state index is -1.39. The number of carbonyl (C=O) groups is 3.